The molecular formula is C33H52N2O4. The third kappa shape index (κ3) is 4.46. The zero-order valence-electron chi connectivity index (χ0n) is 24.8. The molecule has 4 saturated carbocycles. The van der Waals surface area contributed by atoms with E-state index in [1.165, 1.54) is 32.1 Å². The number of amides is 2. The van der Waals surface area contributed by atoms with E-state index in [2.05, 4.69) is 33.8 Å². The van der Waals surface area contributed by atoms with Crippen LogP contribution in [0.5, 0.6) is 0 Å². The Morgan fingerprint density at radius 2 is 1.79 bits per heavy atom. The quantitative estimate of drug-likeness (QED) is 0.399. The molecule has 9 atom stereocenters. The average molecular weight is 541 g/mol. The van der Waals surface area contributed by atoms with Crippen LogP contribution in [0, 0.1) is 46.3 Å². The van der Waals surface area contributed by atoms with Crippen LogP contribution < -0.4 is 0 Å². The van der Waals surface area contributed by atoms with E-state index in [0.29, 0.717) is 54.6 Å². The SMILES string of the molecule is CC(CCC(=O)N1CCN(C(=O)O)C(C)(C2CC2)C1)[C@H]1CC[C@H]2[C@@H]3CC=C4C[C@@H](O)CC[C@]4(C)[C@H]3CC[C@]12C. The van der Waals surface area contributed by atoms with E-state index in [-0.39, 0.29) is 12.0 Å². The maximum absolute atomic E-state index is 13.4. The summed E-state index contributed by atoms with van der Waals surface area (Å²) in [5, 5.41) is 20.1. The van der Waals surface area contributed by atoms with Crippen LogP contribution in [0.4, 0.5) is 4.79 Å². The van der Waals surface area contributed by atoms with Gasteiger partial charge in [-0.15, -0.1) is 0 Å². The number of rotatable bonds is 5. The highest BCUT2D eigenvalue weighted by molar-refractivity contribution is 5.77. The van der Waals surface area contributed by atoms with Gasteiger partial charge in [0.25, 0.3) is 0 Å². The number of hydrogen-bond donors (Lipinski definition) is 2. The average Bonchev–Trinajstić information content (AvgIpc) is 3.69. The molecule has 0 aromatic heterocycles. The van der Waals surface area contributed by atoms with Crippen LogP contribution in [0.3, 0.4) is 0 Å². The van der Waals surface area contributed by atoms with Crippen LogP contribution in [0.1, 0.15) is 105 Å². The van der Waals surface area contributed by atoms with Crippen molar-refractivity contribution in [2.75, 3.05) is 19.6 Å². The smallest absolute Gasteiger partial charge is 0.407 e. The van der Waals surface area contributed by atoms with E-state index >= 15 is 0 Å². The molecule has 0 aromatic rings. The zero-order chi connectivity index (χ0) is 27.7. The lowest BCUT2D eigenvalue weighted by molar-refractivity contribution is -0.137. The number of piperazine rings is 1. The Hall–Kier alpha value is -1.56. The van der Waals surface area contributed by atoms with Crippen molar-refractivity contribution < 1.29 is 19.8 Å². The third-order valence-electron chi connectivity index (χ3n) is 13.4. The summed E-state index contributed by atoms with van der Waals surface area (Å²) < 4.78 is 0. The molecule has 1 saturated heterocycles. The molecule has 5 aliphatic carbocycles. The van der Waals surface area contributed by atoms with Gasteiger partial charge >= 0.3 is 6.09 Å². The van der Waals surface area contributed by atoms with Gasteiger partial charge in [-0.05, 0) is 124 Å². The standard InChI is InChI=1S/C33H52N2O4/c1-21(5-12-29(37)34-17-18-35(30(38)39)33(4,20-34)22-6-7-22)26-10-11-27-25-9-8-23-19-24(36)13-15-31(23,2)28(25)14-16-32(26,27)3/h8,21-22,24-28,36H,5-7,9-20H2,1-4H3,(H,38,39)/t21?,24-,25-,26+,27-,28-,31-,32+,33?/m0/s1. The third-order valence-corrected chi connectivity index (χ3v) is 13.4. The Morgan fingerprint density at radius 1 is 1.03 bits per heavy atom. The normalized spacial score (nSPS) is 44.6. The highest BCUT2D eigenvalue weighted by Gasteiger charge is 2.59. The predicted octanol–water partition coefficient (Wildman–Crippen LogP) is 6.33. The fraction of sp³-hybridized carbons (Fsp3) is 0.879. The van der Waals surface area contributed by atoms with E-state index in [0.717, 1.165) is 56.3 Å². The monoisotopic (exact) mass is 540 g/mol. The van der Waals surface area contributed by atoms with Gasteiger partial charge in [-0.3, -0.25) is 9.69 Å². The number of carboxylic acid groups (broad SMARTS) is 1. The summed E-state index contributed by atoms with van der Waals surface area (Å²) in [6.45, 7) is 11.1. The molecule has 1 heterocycles. The minimum absolute atomic E-state index is 0.141. The second-order valence-electron chi connectivity index (χ2n) is 15.3. The van der Waals surface area contributed by atoms with Crippen molar-refractivity contribution >= 4 is 12.0 Å². The van der Waals surface area contributed by atoms with Gasteiger partial charge in [-0.1, -0.05) is 32.4 Å². The summed E-state index contributed by atoms with van der Waals surface area (Å²) in [4.78, 5) is 28.9. The maximum Gasteiger partial charge on any atom is 0.407 e. The first-order valence-corrected chi connectivity index (χ1v) is 16.1. The van der Waals surface area contributed by atoms with E-state index in [9.17, 15) is 19.8 Å². The molecule has 6 nitrogen and oxygen atoms in total. The van der Waals surface area contributed by atoms with Crippen molar-refractivity contribution in [3.05, 3.63) is 11.6 Å². The molecule has 0 aromatic carbocycles. The summed E-state index contributed by atoms with van der Waals surface area (Å²) in [5.41, 5.74) is 1.78. The first-order valence-electron chi connectivity index (χ1n) is 16.1. The summed E-state index contributed by atoms with van der Waals surface area (Å²) in [6, 6.07) is 0. The van der Waals surface area contributed by atoms with E-state index in [1.54, 1.807) is 10.5 Å². The molecule has 0 radical (unpaired) electrons. The summed E-state index contributed by atoms with van der Waals surface area (Å²) in [6.07, 6.45) is 14.7. The second-order valence-corrected chi connectivity index (χ2v) is 15.3. The van der Waals surface area contributed by atoms with Gasteiger partial charge < -0.3 is 15.1 Å². The predicted molar refractivity (Wildman–Crippen MR) is 152 cm³/mol. The lowest BCUT2D eigenvalue weighted by atomic mass is 9.47. The largest absolute Gasteiger partial charge is 0.465 e. The van der Waals surface area contributed by atoms with Gasteiger partial charge in [0.2, 0.25) is 5.91 Å². The number of aliphatic hydroxyl groups is 1. The van der Waals surface area contributed by atoms with Crippen LogP contribution in [-0.4, -0.2) is 63.3 Å². The Kier molecular flexibility index (Phi) is 6.92. The highest BCUT2D eigenvalue weighted by atomic mass is 16.4. The van der Waals surface area contributed by atoms with Crippen LogP contribution in [0.2, 0.25) is 0 Å². The molecule has 6 rings (SSSR count). The van der Waals surface area contributed by atoms with Gasteiger partial charge in [0, 0.05) is 26.1 Å². The second kappa shape index (κ2) is 9.77. The first kappa shape index (κ1) is 27.6. The van der Waals surface area contributed by atoms with Gasteiger partial charge in [0.05, 0.1) is 11.6 Å². The molecule has 0 spiro atoms. The zero-order valence-corrected chi connectivity index (χ0v) is 24.8. The number of nitrogens with zero attached hydrogens (tertiary/aromatic N) is 2. The minimum Gasteiger partial charge on any atom is -0.465 e. The van der Waals surface area contributed by atoms with Crippen molar-refractivity contribution in [2.24, 2.45) is 46.3 Å². The lowest BCUT2D eigenvalue weighted by Crippen LogP contribution is -2.64. The molecule has 1 aliphatic heterocycles. The van der Waals surface area contributed by atoms with Crippen LogP contribution in [-0.2, 0) is 4.79 Å². The Morgan fingerprint density at radius 3 is 2.51 bits per heavy atom. The molecule has 6 aliphatic rings. The Balaban J connectivity index is 1.08. The minimum atomic E-state index is -0.844. The van der Waals surface area contributed by atoms with Gasteiger partial charge in [0.1, 0.15) is 0 Å². The Bertz CT molecular complexity index is 1020. The van der Waals surface area contributed by atoms with E-state index in [4.69, 9.17) is 0 Å². The molecule has 39 heavy (non-hydrogen) atoms. The highest BCUT2D eigenvalue weighted by Crippen LogP contribution is 2.67. The fourth-order valence-electron chi connectivity index (χ4n) is 10.9. The van der Waals surface area contributed by atoms with Crippen molar-refractivity contribution in [3.63, 3.8) is 0 Å². The van der Waals surface area contributed by atoms with Gasteiger partial charge in [-0.25, -0.2) is 4.79 Å². The van der Waals surface area contributed by atoms with Crippen LogP contribution >= 0.6 is 0 Å². The number of fused-ring (bicyclic) bond motifs is 5. The van der Waals surface area contributed by atoms with Crippen molar-refractivity contribution in [3.8, 4) is 0 Å². The van der Waals surface area contributed by atoms with Crippen LogP contribution in [0.15, 0.2) is 11.6 Å². The van der Waals surface area contributed by atoms with E-state index in [1.807, 2.05) is 4.90 Å². The topological polar surface area (TPSA) is 81.1 Å². The number of hydrogen-bond acceptors (Lipinski definition) is 3. The number of aliphatic hydroxyl groups excluding tert-OH is 1. The number of allylic oxidation sites excluding steroid dienone is 1. The fourth-order valence-corrected chi connectivity index (χ4v) is 10.9. The molecule has 2 N–H and O–H groups in total. The number of carbonyl (C=O) groups is 2. The van der Waals surface area contributed by atoms with E-state index < -0.39 is 11.6 Å². The summed E-state index contributed by atoms with van der Waals surface area (Å²) >= 11 is 0. The molecule has 6 heteroatoms. The molecule has 5 fully saturated rings. The molecule has 218 valence electrons. The molecule has 2 unspecified atom stereocenters. The van der Waals surface area contributed by atoms with Crippen molar-refractivity contribution in [2.45, 2.75) is 116 Å². The first-order chi connectivity index (χ1) is 18.5. The maximum atomic E-state index is 13.4. The Labute approximate surface area is 235 Å². The van der Waals surface area contributed by atoms with Crippen molar-refractivity contribution in [1.29, 1.82) is 0 Å². The van der Waals surface area contributed by atoms with Crippen LogP contribution in [0.25, 0.3) is 0 Å². The summed E-state index contributed by atoms with van der Waals surface area (Å²) in [5.74, 6) is 4.15. The molecule has 2 amide bonds. The molecular weight excluding hydrogens is 488 g/mol. The summed E-state index contributed by atoms with van der Waals surface area (Å²) in [7, 11) is 0. The van der Waals surface area contributed by atoms with Gasteiger partial charge in [0.15, 0.2) is 0 Å². The lowest BCUT2D eigenvalue weighted by Gasteiger charge is -2.58. The van der Waals surface area contributed by atoms with Gasteiger partial charge in [-0.2, -0.15) is 0 Å². The van der Waals surface area contributed by atoms with Crippen molar-refractivity contribution in [1.82, 2.24) is 9.80 Å². The number of carbonyl (C=O) groups excluding carboxylic acids is 1. The molecule has 0 bridgehead atoms.